The van der Waals surface area contributed by atoms with Gasteiger partial charge in [-0.25, -0.2) is 0 Å². The summed E-state index contributed by atoms with van der Waals surface area (Å²) in [6.45, 7) is 12.0. The maximum atomic E-state index is 12.7. The number of hydrogen-bond donors (Lipinski definition) is 2. The second-order valence-electron chi connectivity index (χ2n) is 8.00. The average molecular weight is 543 g/mol. The minimum absolute atomic E-state index is 0.130. The zero-order valence-electron chi connectivity index (χ0n) is 19.7. The number of aromatic nitrogens is 3. The van der Waals surface area contributed by atoms with E-state index in [1.807, 2.05) is 62.6 Å². The monoisotopic (exact) mass is 541 g/mol. The number of nitrogens with zero attached hydrogens (tertiary/aromatic N) is 3. The number of anilines is 1. The van der Waals surface area contributed by atoms with Gasteiger partial charge in [0.2, 0.25) is 5.91 Å². The van der Waals surface area contributed by atoms with E-state index in [0.29, 0.717) is 23.1 Å². The zero-order valence-corrected chi connectivity index (χ0v) is 22.1. The van der Waals surface area contributed by atoms with Crippen molar-refractivity contribution < 1.29 is 9.59 Å². The first-order chi connectivity index (χ1) is 16.2. The number of nitrogens with one attached hydrogen (secondary N) is 2. The molecule has 0 saturated carbocycles. The molecule has 2 aromatic carbocycles. The lowest BCUT2D eigenvalue weighted by atomic mass is 10.1. The van der Waals surface area contributed by atoms with Gasteiger partial charge < -0.3 is 15.2 Å². The summed E-state index contributed by atoms with van der Waals surface area (Å²) in [5.41, 5.74) is 4.31. The highest BCUT2D eigenvalue weighted by molar-refractivity contribution is 9.10. The van der Waals surface area contributed by atoms with E-state index in [9.17, 15) is 9.59 Å². The molecule has 178 valence electrons. The summed E-state index contributed by atoms with van der Waals surface area (Å²) in [4.78, 5) is 25.4. The summed E-state index contributed by atoms with van der Waals surface area (Å²) in [6, 6.07) is 11.0. The summed E-state index contributed by atoms with van der Waals surface area (Å²) in [6.07, 6.45) is 1.74. The maximum absolute atomic E-state index is 12.7. The number of allylic oxidation sites excluding steroid dienone is 1. The molecule has 34 heavy (non-hydrogen) atoms. The molecule has 3 rings (SSSR count). The number of rotatable bonds is 9. The van der Waals surface area contributed by atoms with Gasteiger partial charge in [-0.2, -0.15) is 0 Å². The largest absolute Gasteiger partial charge is 0.342 e. The Labute approximate surface area is 212 Å². The lowest BCUT2D eigenvalue weighted by Gasteiger charge is -2.16. The molecular weight excluding hydrogens is 514 g/mol. The Hall–Kier alpha value is -2.91. The topological polar surface area (TPSA) is 88.9 Å². The van der Waals surface area contributed by atoms with Gasteiger partial charge in [-0.3, -0.25) is 9.59 Å². The van der Waals surface area contributed by atoms with E-state index in [1.54, 1.807) is 12.1 Å². The highest BCUT2D eigenvalue weighted by Gasteiger charge is 2.21. The third kappa shape index (κ3) is 6.15. The van der Waals surface area contributed by atoms with Crippen molar-refractivity contribution in [1.82, 2.24) is 20.1 Å². The second-order valence-corrected chi connectivity index (χ2v) is 9.86. The maximum Gasteiger partial charge on any atom is 0.252 e. The van der Waals surface area contributed by atoms with Crippen molar-refractivity contribution in [1.29, 1.82) is 0 Å². The van der Waals surface area contributed by atoms with Gasteiger partial charge in [0.25, 0.3) is 5.91 Å². The van der Waals surface area contributed by atoms with Gasteiger partial charge >= 0.3 is 0 Å². The normalized spacial score (nSPS) is 11.7. The van der Waals surface area contributed by atoms with Crippen molar-refractivity contribution in [2.75, 3.05) is 11.1 Å². The summed E-state index contributed by atoms with van der Waals surface area (Å²) < 4.78 is 2.84. The van der Waals surface area contributed by atoms with Crippen LogP contribution in [0, 0.1) is 20.8 Å². The van der Waals surface area contributed by atoms with Crippen LogP contribution in [0.4, 0.5) is 5.69 Å². The Morgan fingerprint density at radius 1 is 1.15 bits per heavy atom. The predicted molar refractivity (Wildman–Crippen MR) is 140 cm³/mol. The number of thioether (sulfide) groups is 1. The molecule has 2 amide bonds. The number of aryl methyl sites for hydroxylation is 3. The quantitative estimate of drug-likeness (QED) is 0.280. The lowest BCUT2D eigenvalue weighted by Crippen LogP contribution is -2.29. The minimum Gasteiger partial charge on any atom is -0.342 e. The summed E-state index contributed by atoms with van der Waals surface area (Å²) in [7, 11) is 0. The molecule has 0 aliphatic rings. The highest BCUT2D eigenvalue weighted by atomic mass is 79.9. The molecule has 2 N–H and O–H groups in total. The van der Waals surface area contributed by atoms with Gasteiger partial charge in [0.05, 0.1) is 11.8 Å². The molecule has 0 aliphatic heterocycles. The SMILES string of the molecule is C=CCn1c(SCC(=O)Nc2c(C)cc(Br)cc2C)nnc1[C@H](C)NC(=O)c1ccccc1C. The van der Waals surface area contributed by atoms with Crippen LogP contribution in [0.2, 0.25) is 0 Å². The fourth-order valence-corrected chi connectivity index (χ4v) is 5.05. The van der Waals surface area contributed by atoms with E-state index in [2.05, 4.69) is 43.3 Å². The van der Waals surface area contributed by atoms with Crippen molar-refractivity contribution in [3.05, 3.63) is 81.6 Å². The first-order valence-electron chi connectivity index (χ1n) is 10.8. The molecular formula is C25H28BrN5O2S. The van der Waals surface area contributed by atoms with E-state index in [0.717, 1.165) is 26.9 Å². The van der Waals surface area contributed by atoms with E-state index >= 15 is 0 Å². The van der Waals surface area contributed by atoms with Crippen LogP contribution in [0.5, 0.6) is 0 Å². The number of hydrogen-bond acceptors (Lipinski definition) is 5. The molecule has 0 fully saturated rings. The van der Waals surface area contributed by atoms with E-state index in [-0.39, 0.29) is 23.6 Å². The third-order valence-electron chi connectivity index (χ3n) is 5.28. The smallest absolute Gasteiger partial charge is 0.252 e. The van der Waals surface area contributed by atoms with Crippen LogP contribution in [0.3, 0.4) is 0 Å². The van der Waals surface area contributed by atoms with Gasteiger partial charge in [0.1, 0.15) is 0 Å². The molecule has 0 saturated heterocycles. The molecule has 0 unspecified atom stereocenters. The van der Waals surface area contributed by atoms with Gasteiger partial charge in [0.15, 0.2) is 11.0 Å². The number of amides is 2. The predicted octanol–water partition coefficient (Wildman–Crippen LogP) is 5.37. The van der Waals surface area contributed by atoms with Crippen LogP contribution in [-0.2, 0) is 11.3 Å². The van der Waals surface area contributed by atoms with Gasteiger partial charge in [-0.15, -0.1) is 16.8 Å². The number of carbonyl (C=O) groups excluding carboxylic acids is 2. The minimum atomic E-state index is -0.379. The van der Waals surface area contributed by atoms with Crippen LogP contribution >= 0.6 is 27.7 Å². The summed E-state index contributed by atoms with van der Waals surface area (Å²) in [5.74, 6) is 0.472. The first kappa shape index (κ1) is 25.7. The molecule has 1 atom stereocenters. The molecule has 0 aliphatic carbocycles. The van der Waals surface area contributed by atoms with Crippen molar-refractivity contribution in [2.24, 2.45) is 0 Å². The lowest BCUT2D eigenvalue weighted by molar-refractivity contribution is -0.113. The highest BCUT2D eigenvalue weighted by Crippen LogP contribution is 2.26. The molecule has 3 aromatic rings. The van der Waals surface area contributed by atoms with Gasteiger partial charge in [-0.1, -0.05) is 52.0 Å². The van der Waals surface area contributed by atoms with E-state index < -0.39 is 0 Å². The van der Waals surface area contributed by atoms with Crippen molar-refractivity contribution in [2.45, 2.75) is 45.4 Å². The third-order valence-corrected chi connectivity index (χ3v) is 6.70. The Bertz CT molecular complexity index is 1200. The molecule has 7 nitrogen and oxygen atoms in total. The number of carbonyl (C=O) groups is 2. The Morgan fingerprint density at radius 2 is 1.82 bits per heavy atom. The van der Waals surface area contributed by atoms with E-state index in [1.165, 1.54) is 11.8 Å². The van der Waals surface area contributed by atoms with Crippen molar-refractivity contribution >= 4 is 45.2 Å². The zero-order chi connectivity index (χ0) is 24.8. The molecule has 0 radical (unpaired) electrons. The Morgan fingerprint density at radius 3 is 2.47 bits per heavy atom. The number of benzene rings is 2. The first-order valence-corrected chi connectivity index (χ1v) is 12.6. The van der Waals surface area contributed by atoms with Crippen LogP contribution < -0.4 is 10.6 Å². The van der Waals surface area contributed by atoms with Crippen LogP contribution in [0.25, 0.3) is 0 Å². The van der Waals surface area contributed by atoms with Crippen molar-refractivity contribution in [3.63, 3.8) is 0 Å². The molecule has 9 heteroatoms. The van der Waals surface area contributed by atoms with Crippen LogP contribution in [0.15, 0.2) is 58.7 Å². The molecule has 1 heterocycles. The Kier molecular flexibility index (Phi) is 8.68. The van der Waals surface area contributed by atoms with Crippen LogP contribution in [-0.4, -0.2) is 32.3 Å². The van der Waals surface area contributed by atoms with Crippen molar-refractivity contribution in [3.8, 4) is 0 Å². The molecule has 1 aromatic heterocycles. The van der Waals surface area contributed by atoms with Crippen LogP contribution in [0.1, 0.15) is 45.8 Å². The average Bonchev–Trinajstić information content (AvgIpc) is 3.18. The number of halogens is 1. The molecule has 0 spiro atoms. The van der Waals surface area contributed by atoms with Gasteiger partial charge in [0, 0.05) is 22.3 Å². The summed E-state index contributed by atoms with van der Waals surface area (Å²) in [5, 5.41) is 15.1. The molecule has 0 bridgehead atoms. The van der Waals surface area contributed by atoms with E-state index in [4.69, 9.17) is 0 Å². The summed E-state index contributed by atoms with van der Waals surface area (Å²) >= 11 is 4.77. The van der Waals surface area contributed by atoms with Gasteiger partial charge in [-0.05, 0) is 62.6 Å². The fourth-order valence-electron chi connectivity index (χ4n) is 3.61. The standard InChI is InChI=1S/C25H28BrN5O2S/c1-6-11-31-23(18(5)27-24(33)20-10-8-7-9-15(20)2)29-30-25(31)34-14-21(32)28-22-16(3)12-19(26)13-17(22)4/h6-10,12-13,18H,1,11,14H2,2-5H3,(H,27,33)(H,28,32)/t18-/m0/s1. The Balaban J connectivity index is 1.70. The second kappa shape index (κ2) is 11.5. The fraction of sp³-hybridized carbons (Fsp3) is 0.280.